The van der Waals surface area contributed by atoms with Crippen LogP contribution in [0.15, 0.2) is 59.3 Å². The number of amides is 2. The molecule has 3 rings (SSSR count). The first-order valence-corrected chi connectivity index (χ1v) is 7.72. The van der Waals surface area contributed by atoms with Crippen molar-refractivity contribution in [1.29, 1.82) is 0 Å². The van der Waals surface area contributed by atoms with Crippen LogP contribution in [0.1, 0.15) is 21.8 Å². The van der Waals surface area contributed by atoms with E-state index >= 15 is 0 Å². The molecule has 0 radical (unpaired) electrons. The van der Waals surface area contributed by atoms with E-state index in [2.05, 4.69) is 20.9 Å². The third-order valence-corrected chi connectivity index (χ3v) is 3.41. The Morgan fingerprint density at radius 1 is 1.08 bits per heavy atom. The molecular formula is C17H17N5O3. The molecule has 0 saturated carbocycles. The molecule has 8 nitrogen and oxygen atoms in total. The van der Waals surface area contributed by atoms with Gasteiger partial charge in [0.2, 0.25) is 5.91 Å². The first kappa shape index (κ1) is 16.4. The fourth-order valence-electron chi connectivity index (χ4n) is 2.16. The lowest BCUT2D eigenvalue weighted by Crippen LogP contribution is -2.36. The largest absolute Gasteiger partial charge is 0.467 e. The van der Waals surface area contributed by atoms with E-state index < -0.39 is 5.91 Å². The highest BCUT2D eigenvalue weighted by Gasteiger charge is 2.12. The molecule has 2 amide bonds. The third kappa shape index (κ3) is 4.77. The van der Waals surface area contributed by atoms with Gasteiger partial charge in [-0.3, -0.25) is 9.59 Å². The molecule has 25 heavy (non-hydrogen) atoms. The topological polar surface area (TPSA) is 102 Å². The summed E-state index contributed by atoms with van der Waals surface area (Å²) in [5.74, 6) is -0.127. The molecular weight excluding hydrogens is 322 g/mol. The Bertz CT molecular complexity index is 827. The highest BCUT2D eigenvalue weighted by atomic mass is 16.3. The molecule has 2 aromatic heterocycles. The van der Waals surface area contributed by atoms with Gasteiger partial charge in [-0.15, -0.1) is 5.10 Å². The van der Waals surface area contributed by atoms with Gasteiger partial charge in [-0.2, -0.15) is 0 Å². The normalized spacial score (nSPS) is 10.4. The summed E-state index contributed by atoms with van der Waals surface area (Å²) in [7, 11) is 0. The van der Waals surface area contributed by atoms with Crippen molar-refractivity contribution >= 4 is 11.8 Å². The second kappa shape index (κ2) is 7.91. The molecule has 0 bridgehead atoms. The van der Waals surface area contributed by atoms with Crippen LogP contribution in [-0.4, -0.2) is 33.4 Å². The lowest BCUT2D eigenvalue weighted by molar-refractivity contribution is -0.120. The Hall–Kier alpha value is -3.42. The van der Waals surface area contributed by atoms with E-state index in [1.165, 1.54) is 6.26 Å². The number of hydrogen-bond acceptors (Lipinski definition) is 5. The van der Waals surface area contributed by atoms with Crippen molar-refractivity contribution in [2.45, 2.75) is 13.1 Å². The second-order valence-corrected chi connectivity index (χ2v) is 5.33. The van der Waals surface area contributed by atoms with Crippen molar-refractivity contribution in [3.63, 3.8) is 0 Å². The SMILES string of the molecule is O=C(CNC(=O)c1cn(Cc2ccccc2)nn1)NCc1ccco1. The van der Waals surface area contributed by atoms with Crippen molar-refractivity contribution in [2.24, 2.45) is 0 Å². The smallest absolute Gasteiger partial charge is 0.273 e. The van der Waals surface area contributed by atoms with Crippen LogP contribution >= 0.6 is 0 Å². The number of nitrogens with one attached hydrogen (secondary N) is 2. The fourth-order valence-corrected chi connectivity index (χ4v) is 2.16. The predicted molar refractivity (Wildman–Crippen MR) is 88.5 cm³/mol. The Kier molecular flexibility index (Phi) is 5.20. The van der Waals surface area contributed by atoms with Crippen molar-refractivity contribution < 1.29 is 14.0 Å². The fraction of sp³-hybridized carbons (Fsp3) is 0.176. The Balaban J connectivity index is 1.46. The van der Waals surface area contributed by atoms with Gasteiger partial charge in [0.25, 0.3) is 5.91 Å². The monoisotopic (exact) mass is 339 g/mol. The van der Waals surface area contributed by atoms with Gasteiger partial charge in [0.05, 0.1) is 32.1 Å². The van der Waals surface area contributed by atoms with E-state index in [9.17, 15) is 9.59 Å². The molecule has 3 aromatic rings. The van der Waals surface area contributed by atoms with Crippen LogP contribution in [-0.2, 0) is 17.9 Å². The van der Waals surface area contributed by atoms with E-state index in [1.54, 1.807) is 23.0 Å². The molecule has 2 N–H and O–H groups in total. The van der Waals surface area contributed by atoms with Crippen LogP contribution < -0.4 is 10.6 Å². The van der Waals surface area contributed by atoms with E-state index in [0.29, 0.717) is 12.3 Å². The number of aromatic nitrogens is 3. The molecule has 8 heteroatoms. The third-order valence-electron chi connectivity index (χ3n) is 3.41. The van der Waals surface area contributed by atoms with Gasteiger partial charge >= 0.3 is 0 Å². The minimum atomic E-state index is -0.451. The molecule has 0 aliphatic carbocycles. The lowest BCUT2D eigenvalue weighted by atomic mass is 10.2. The minimum Gasteiger partial charge on any atom is -0.467 e. The van der Waals surface area contributed by atoms with Gasteiger partial charge in [-0.05, 0) is 17.7 Å². The van der Waals surface area contributed by atoms with Crippen molar-refractivity contribution in [3.8, 4) is 0 Å². The summed E-state index contributed by atoms with van der Waals surface area (Å²) in [6.07, 6.45) is 3.07. The first-order chi connectivity index (χ1) is 12.2. The summed E-state index contributed by atoms with van der Waals surface area (Å²) >= 11 is 0. The maximum absolute atomic E-state index is 12.0. The summed E-state index contributed by atoms with van der Waals surface area (Å²) < 4.78 is 6.68. The Morgan fingerprint density at radius 2 is 1.92 bits per heavy atom. The van der Waals surface area contributed by atoms with E-state index in [1.807, 2.05) is 30.3 Å². The van der Waals surface area contributed by atoms with Crippen molar-refractivity contribution in [2.75, 3.05) is 6.54 Å². The minimum absolute atomic E-state index is 0.148. The number of carbonyl (C=O) groups excluding carboxylic acids is 2. The lowest BCUT2D eigenvalue weighted by Gasteiger charge is -2.04. The standard InChI is InChI=1S/C17H17N5O3/c23-16(18-9-14-7-4-8-25-14)10-19-17(24)15-12-22(21-20-15)11-13-5-2-1-3-6-13/h1-8,12H,9-11H2,(H,18,23)(H,19,24). The maximum Gasteiger partial charge on any atom is 0.273 e. The first-order valence-electron chi connectivity index (χ1n) is 7.72. The van der Waals surface area contributed by atoms with Crippen molar-refractivity contribution in [3.05, 3.63) is 71.9 Å². The van der Waals surface area contributed by atoms with Gasteiger partial charge in [-0.1, -0.05) is 35.5 Å². The van der Waals surface area contributed by atoms with Gasteiger partial charge in [-0.25, -0.2) is 4.68 Å². The molecule has 0 aliphatic heterocycles. The molecule has 1 aromatic carbocycles. The van der Waals surface area contributed by atoms with Crippen LogP contribution in [0.3, 0.4) is 0 Å². The molecule has 2 heterocycles. The average Bonchev–Trinajstić information content (AvgIpc) is 3.30. The summed E-state index contributed by atoms with van der Waals surface area (Å²) in [4.78, 5) is 23.7. The van der Waals surface area contributed by atoms with Gasteiger partial charge in [0.1, 0.15) is 5.76 Å². The zero-order valence-corrected chi connectivity index (χ0v) is 13.4. The van der Waals surface area contributed by atoms with Crippen molar-refractivity contribution in [1.82, 2.24) is 25.6 Å². The molecule has 0 aliphatic rings. The van der Waals surface area contributed by atoms with E-state index in [4.69, 9.17) is 4.42 Å². The highest BCUT2D eigenvalue weighted by molar-refractivity contribution is 5.94. The van der Waals surface area contributed by atoms with E-state index in [0.717, 1.165) is 5.56 Å². The molecule has 0 atom stereocenters. The number of carbonyl (C=O) groups is 2. The molecule has 0 fully saturated rings. The zero-order chi connectivity index (χ0) is 17.5. The number of nitrogens with zero attached hydrogens (tertiary/aromatic N) is 3. The quantitative estimate of drug-likeness (QED) is 0.668. The van der Waals surface area contributed by atoms with Crippen LogP contribution in [0.4, 0.5) is 0 Å². The second-order valence-electron chi connectivity index (χ2n) is 5.33. The molecule has 128 valence electrons. The van der Waals surface area contributed by atoms with Gasteiger partial charge in [0, 0.05) is 0 Å². The number of benzene rings is 1. The Labute approximate surface area is 143 Å². The number of rotatable bonds is 7. The van der Waals surface area contributed by atoms with Crippen LogP contribution in [0, 0.1) is 0 Å². The number of furan rings is 1. The van der Waals surface area contributed by atoms with E-state index in [-0.39, 0.29) is 24.7 Å². The van der Waals surface area contributed by atoms with Gasteiger partial charge in [0.15, 0.2) is 5.69 Å². The molecule has 0 unspecified atom stereocenters. The Morgan fingerprint density at radius 3 is 2.68 bits per heavy atom. The zero-order valence-electron chi connectivity index (χ0n) is 13.4. The summed E-state index contributed by atoms with van der Waals surface area (Å²) in [5.41, 5.74) is 1.21. The molecule has 0 spiro atoms. The predicted octanol–water partition coefficient (Wildman–Crippen LogP) is 0.966. The van der Waals surface area contributed by atoms with Crippen LogP contribution in [0.2, 0.25) is 0 Å². The summed E-state index contributed by atoms with van der Waals surface area (Å²) in [6.45, 7) is 0.644. The van der Waals surface area contributed by atoms with Crippen LogP contribution in [0.5, 0.6) is 0 Å². The average molecular weight is 339 g/mol. The summed E-state index contributed by atoms with van der Waals surface area (Å²) in [5, 5.41) is 12.9. The highest BCUT2D eigenvalue weighted by Crippen LogP contribution is 2.02. The van der Waals surface area contributed by atoms with Crippen LogP contribution in [0.25, 0.3) is 0 Å². The van der Waals surface area contributed by atoms with Gasteiger partial charge < -0.3 is 15.1 Å². The summed E-state index contributed by atoms with van der Waals surface area (Å²) in [6, 6.07) is 13.2. The molecule has 0 saturated heterocycles. The maximum atomic E-state index is 12.0. The number of hydrogen-bond donors (Lipinski definition) is 2.